The van der Waals surface area contributed by atoms with E-state index in [1.165, 1.54) is 11.3 Å². The van der Waals surface area contributed by atoms with Gasteiger partial charge in [-0.15, -0.1) is 11.3 Å². The average molecular weight is 450 g/mol. The molecule has 4 rings (SSSR count). The zero-order valence-corrected chi connectivity index (χ0v) is 18.6. The molecule has 2 amide bonds. The summed E-state index contributed by atoms with van der Waals surface area (Å²) in [5, 5.41) is 8.72. The molecule has 2 aromatic carbocycles. The number of amides is 2. The summed E-state index contributed by atoms with van der Waals surface area (Å²) in [7, 11) is 0. The van der Waals surface area contributed by atoms with Crippen molar-refractivity contribution in [2.24, 2.45) is 0 Å². The predicted molar refractivity (Wildman–Crippen MR) is 125 cm³/mol. The quantitative estimate of drug-likeness (QED) is 0.542. The van der Waals surface area contributed by atoms with Crippen LogP contribution in [0.4, 0.5) is 0 Å². The molecule has 1 aliphatic carbocycles. The number of carbonyl (C=O) groups is 2. The van der Waals surface area contributed by atoms with Crippen LogP contribution in [-0.4, -0.2) is 28.9 Å². The Morgan fingerprint density at radius 1 is 0.938 bits per heavy atom. The van der Waals surface area contributed by atoms with Crippen molar-refractivity contribution in [2.45, 2.75) is 50.8 Å². The first-order valence-corrected chi connectivity index (χ1v) is 11.8. The van der Waals surface area contributed by atoms with Crippen LogP contribution in [0.1, 0.15) is 46.7 Å². The van der Waals surface area contributed by atoms with Crippen molar-refractivity contribution in [3.05, 3.63) is 82.3 Å². The number of carbonyl (C=O) groups excluding carboxylic acids is 2. The number of ether oxygens (including phenoxy) is 1. The second kappa shape index (κ2) is 10.9. The maximum absolute atomic E-state index is 12.8. The number of rotatable bonds is 8. The van der Waals surface area contributed by atoms with Crippen LogP contribution < -0.4 is 15.4 Å². The molecular formula is C25H27N3O3S. The van der Waals surface area contributed by atoms with Crippen LogP contribution in [0.5, 0.6) is 5.75 Å². The third-order valence-electron chi connectivity index (χ3n) is 5.53. The van der Waals surface area contributed by atoms with E-state index >= 15 is 0 Å². The van der Waals surface area contributed by atoms with E-state index in [0.717, 1.165) is 42.0 Å². The second-order valence-electron chi connectivity index (χ2n) is 7.93. The number of para-hydroxylation sites is 1. The molecule has 1 heterocycles. The van der Waals surface area contributed by atoms with Gasteiger partial charge in [0.15, 0.2) is 0 Å². The minimum absolute atomic E-state index is 0.0173. The van der Waals surface area contributed by atoms with Gasteiger partial charge in [0, 0.05) is 17.5 Å². The van der Waals surface area contributed by atoms with Gasteiger partial charge in [0.2, 0.25) is 5.91 Å². The molecule has 7 heteroatoms. The van der Waals surface area contributed by atoms with Crippen molar-refractivity contribution in [2.75, 3.05) is 0 Å². The van der Waals surface area contributed by atoms with Gasteiger partial charge < -0.3 is 15.4 Å². The third kappa shape index (κ3) is 6.17. The zero-order chi connectivity index (χ0) is 22.2. The van der Waals surface area contributed by atoms with Crippen molar-refractivity contribution in [1.82, 2.24) is 15.6 Å². The van der Waals surface area contributed by atoms with Gasteiger partial charge in [-0.05, 0) is 30.5 Å². The highest BCUT2D eigenvalue weighted by Gasteiger charge is 2.28. The van der Waals surface area contributed by atoms with Crippen LogP contribution in [-0.2, 0) is 17.8 Å². The van der Waals surface area contributed by atoms with E-state index in [-0.39, 0.29) is 23.9 Å². The van der Waals surface area contributed by atoms with Gasteiger partial charge >= 0.3 is 0 Å². The first kappa shape index (κ1) is 22.0. The SMILES string of the molecule is O=C(Cc1ccccc1)N[C@H]1CCCC[C@H]1NC(=O)c1csc(COc2ccccc2)n1. The highest BCUT2D eigenvalue weighted by atomic mass is 32.1. The molecule has 166 valence electrons. The lowest BCUT2D eigenvalue weighted by atomic mass is 9.90. The largest absolute Gasteiger partial charge is 0.486 e. The topological polar surface area (TPSA) is 80.3 Å². The standard InChI is InChI=1S/C25H27N3O3S/c29-23(15-18-9-3-1-4-10-18)26-20-13-7-8-14-21(20)28-25(30)22-17-32-24(27-22)16-31-19-11-5-2-6-12-19/h1-6,9-12,17,20-21H,7-8,13-16H2,(H,26,29)(H,28,30)/t20-,21+/m0/s1. The molecule has 0 radical (unpaired) electrons. The fourth-order valence-corrected chi connectivity index (χ4v) is 4.59. The summed E-state index contributed by atoms with van der Waals surface area (Å²) in [5.74, 6) is 0.544. The van der Waals surface area contributed by atoms with E-state index in [4.69, 9.17) is 4.74 Å². The fourth-order valence-electron chi connectivity index (χ4n) is 3.90. The molecule has 2 atom stereocenters. The lowest BCUT2D eigenvalue weighted by Crippen LogP contribution is -2.53. The molecule has 0 aliphatic heterocycles. The fraction of sp³-hybridized carbons (Fsp3) is 0.320. The molecular weight excluding hydrogens is 422 g/mol. The lowest BCUT2D eigenvalue weighted by molar-refractivity contribution is -0.121. The smallest absolute Gasteiger partial charge is 0.271 e. The summed E-state index contributed by atoms with van der Waals surface area (Å²) in [6.45, 7) is 0.323. The third-order valence-corrected chi connectivity index (χ3v) is 6.35. The summed E-state index contributed by atoms with van der Waals surface area (Å²) in [6.07, 6.45) is 4.12. The van der Waals surface area contributed by atoms with Crippen molar-refractivity contribution >= 4 is 23.2 Å². The van der Waals surface area contributed by atoms with Crippen LogP contribution in [0.15, 0.2) is 66.0 Å². The summed E-state index contributed by atoms with van der Waals surface area (Å²) >= 11 is 1.41. The Hall–Kier alpha value is -3.19. The maximum Gasteiger partial charge on any atom is 0.271 e. The van der Waals surface area contributed by atoms with Crippen LogP contribution in [0.3, 0.4) is 0 Å². The van der Waals surface area contributed by atoms with Gasteiger partial charge in [0.1, 0.15) is 23.1 Å². The number of hydrogen-bond acceptors (Lipinski definition) is 5. The number of hydrogen-bond donors (Lipinski definition) is 2. The van der Waals surface area contributed by atoms with Crippen molar-refractivity contribution < 1.29 is 14.3 Å². The molecule has 1 saturated carbocycles. The van der Waals surface area contributed by atoms with Gasteiger partial charge in [0.05, 0.1) is 6.42 Å². The summed E-state index contributed by atoms with van der Waals surface area (Å²) in [6, 6.07) is 19.1. The van der Waals surface area contributed by atoms with E-state index in [1.807, 2.05) is 60.7 Å². The summed E-state index contributed by atoms with van der Waals surface area (Å²) in [5.41, 5.74) is 1.37. The van der Waals surface area contributed by atoms with E-state index in [1.54, 1.807) is 5.38 Å². The number of nitrogens with zero attached hydrogens (tertiary/aromatic N) is 1. The Kier molecular flexibility index (Phi) is 7.51. The summed E-state index contributed by atoms with van der Waals surface area (Å²) in [4.78, 5) is 29.8. The Balaban J connectivity index is 1.31. The van der Waals surface area contributed by atoms with Gasteiger partial charge in [-0.2, -0.15) is 0 Å². The molecule has 1 aromatic heterocycles. The van der Waals surface area contributed by atoms with Crippen LogP contribution >= 0.6 is 11.3 Å². The van der Waals surface area contributed by atoms with Crippen LogP contribution in [0.25, 0.3) is 0 Å². The van der Waals surface area contributed by atoms with Crippen molar-refractivity contribution in [3.8, 4) is 5.75 Å². The average Bonchev–Trinajstić information content (AvgIpc) is 3.30. The lowest BCUT2D eigenvalue weighted by Gasteiger charge is -2.32. The van der Waals surface area contributed by atoms with E-state index in [0.29, 0.717) is 18.7 Å². The van der Waals surface area contributed by atoms with Crippen molar-refractivity contribution in [3.63, 3.8) is 0 Å². The zero-order valence-electron chi connectivity index (χ0n) is 17.8. The highest BCUT2D eigenvalue weighted by molar-refractivity contribution is 7.09. The van der Waals surface area contributed by atoms with Crippen LogP contribution in [0.2, 0.25) is 0 Å². The summed E-state index contributed by atoms with van der Waals surface area (Å²) < 4.78 is 5.71. The minimum atomic E-state index is -0.207. The van der Waals surface area contributed by atoms with Gasteiger partial charge in [-0.3, -0.25) is 9.59 Å². The number of thiazole rings is 1. The van der Waals surface area contributed by atoms with Crippen molar-refractivity contribution in [1.29, 1.82) is 0 Å². The number of aromatic nitrogens is 1. The molecule has 2 N–H and O–H groups in total. The first-order valence-electron chi connectivity index (χ1n) is 10.9. The number of benzene rings is 2. The highest BCUT2D eigenvalue weighted by Crippen LogP contribution is 2.20. The minimum Gasteiger partial charge on any atom is -0.486 e. The maximum atomic E-state index is 12.8. The van der Waals surface area contributed by atoms with Gasteiger partial charge in [-0.1, -0.05) is 61.4 Å². The van der Waals surface area contributed by atoms with Gasteiger partial charge in [0.25, 0.3) is 5.91 Å². The monoisotopic (exact) mass is 449 g/mol. The number of nitrogens with one attached hydrogen (secondary N) is 2. The molecule has 0 bridgehead atoms. The molecule has 6 nitrogen and oxygen atoms in total. The molecule has 1 fully saturated rings. The Morgan fingerprint density at radius 3 is 2.31 bits per heavy atom. The Morgan fingerprint density at radius 2 is 1.59 bits per heavy atom. The van der Waals surface area contributed by atoms with Crippen LogP contribution in [0, 0.1) is 0 Å². The molecule has 0 spiro atoms. The first-order chi connectivity index (χ1) is 15.7. The van der Waals surface area contributed by atoms with E-state index in [2.05, 4.69) is 15.6 Å². The second-order valence-corrected chi connectivity index (χ2v) is 8.87. The molecule has 3 aromatic rings. The van der Waals surface area contributed by atoms with E-state index < -0.39 is 0 Å². The Bertz CT molecular complexity index is 1020. The normalized spacial score (nSPS) is 18.0. The predicted octanol–water partition coefficient (Wildman–Crippen LogP) is 4.12. The van der Waals surface area contributed by atoms with Gasteiger partial charge in [-0.25, -0.2) is 4.98 Å². The molecule has 0 unspecified atom stereocenters. The Labute approximate surface area is 192 Å². The molecule has 1 aliphatic rings. The molecule has 0 saturated heterocycles. The van der Waals surface area contributed by atoms with E-state index in [9.17, 15) is 9.59 Å². The molecule has 32 heavy (non-hydrogen) atoms.